The lowest BCUT2D eigenvalue weighted by atomic mass is 10.1. The summed E-state index contributed by atoms with van der Waals surface area (Å²) < 4.78 is 2.04. The Morgan fingerprint density at radius 1 is 0.594 bits per heavy atom. The summed E-state index contributed by atoms with van der Waals surface area (Å²) in [5.41, 5.74) is 2.00. The van der Waals surface area contributed by atoms with Crippen molar-refractivity contribution in [1.82, 2.24) is 10.6 Å². The van der Waals surface area contributed by atoms with E-state index < -0.39 is 0 Å². The molecule has 2 amide bonds. The highest BCUT2D eigenvalue weighted by molar-refractivity contribution is 9.10. The highest BCUT2D eigenvalue weighted by Gasteiger charge is 1.98. The first kappa shape index (κ1) is 26.1. The molecule has 0 spiro atoms. The SMILES string of the molecule is O=C(/C=C/c1ccc(Br)cc1)NCCCCCCCCNC(=O)/C=C/c1ccc(Br)cc1. The molecule has 4 nitrogen and oxygen atoms in total. The van der Waals surface area contributed by atoms with Gasteiger partial charge in [0.2, 0.25) is 11.8 Å². The lowest BCUT2D eigenvalue weighted by molar-refractivity contribution is -0.117. The maximum atomic E-state index is 11.8. The van der Waals surface area contributed by atoms with Gasteiger partial charge in [0, 0.05) is 34.2 Å². The molecule has 0 unspecified atom stereocenters. The van der Waals surface area contributed by atoms with Crippen molar-refractivity contribution in [2.24, 2.45) is 0 Å². The molecule has 170 valence electrons. The molecular weight excluding hydrogens is 532 g/mol. The first-order valence-electron chi connectivity index (χ1n) is 11.0. The molecule has 0 saturated carbocycles. The number of hydrogen-bond donors (Lipinski definition) is 2. The third kappa shape index (κ3) is 12.0. The van der Waals surface area contributed by atoms with Gasteiger partial charge >= 0.3 is 0 Å². The van der Waals surface area contributed by atoms with E-state index in [9.17, 15) is 9.59 Å². The number of amides is 2. The van der Waals surface area contributed by atoms with Crippen LogP contribution in [0.5, 0.6) is 0 Å². The van der Waals surface area contributed by atoms with Crippen molar-refractivity contribution in [2.75, 3.05) is 13.1 Å². The van der Waals surface area contributed by atoms with E-state index in [-0.39, 0.29) is 11.8 Å². The first-order valence-corrected chi connectivity index (χ1v) is 12.5. The summed E-state index contributed by atoms with van der Waals surface area (Å²) >= 11 is 6.79. The number of benzene rings is 2. The molecule has 0 aromatic heterocycles. The zero-order valence-electron chi connectivity index (χ0n) is 18.2. The topological polar surface area (TPSA) is 58.2 Å². The summed E-state index contributed by atoms with van der Waals surface area (Å²) in [6.07, 6.45) is 13.2. The summed E-state index contributed by atoms with van der Waals surface area (Å²) in [6, 6.07) is 15.6. The van der Waals surface area contributed by atoms with Crippen LogP contribution in [0.25, 0.3) is 12.2 Å². The van der Waals surface area contributed by atoms with E-state index in [1.807, 2.05) is 60.7 Å². The Kier molecular flexibility index (Phi) is 12.7. The second kappa shape index (κ2) is 15.6. The van der Waals surface area contributed by atoms with E-state index in [2.05, 4.69) is 42.5 Å². The molecule has 0 bridgehead atoms. The van der Waals surface area contributed by atoms with Gasteiger partial charge in [0.1, 0.15) is 0 Å². The Morgan fingerprint density at radius 3 is 1.31 bits per heavy atom. The standard InChI is InChI=1S/C26H30Br2N2O2/c27-23-13-7-21(8-14-23)11-17-25(31)29-19-5-3-1-2-4-6-20-30-26(32)18-12-22-9-15-24(28)16-10-22/h7-18H,1-6,19-20H2,(H,29,31)(H,30,32)/b17-11+,18-12+. The average molecular weight is 562 g/mol. The maximum absolute atomic E-state index is 11.8. The summed E-state index contributed by atoms with van der Waals surface area (Å²) in [4.78, 5) is 23.7. The van der Waals surface area contributed by atoms with Gasteiger partial charge in [-0.15, -0.1) is 0 Å². The van der Waals surface area contributed by atoms with Crippen molar-refractivity contribution in [3.05, 3.63) is 80.8 Å². The predicted octanol–water partition coefficient (Wildman–Crippen LogP) is 6.51. The van der Waals surface area contributed by atoms with Crippen LogP contribution in [0.15, 0.2) is 69.6 Å². The van der Waals surface area contributed by atoms with Crippen LogP contribution >= 0.6 is 31.9 Å². The monoisotopic (exact) mass is 560 g/mol. The van der Waals surface area contributed by atoms with Gasteiger partial charge in [0.05, 0.1) is 0 Å². The number of halogens is 2. The van der Waals surface area contributed by atoms with Crippen molar-refractivity contribution in [3.8, 4) is 0 Å². The molecule has 0 atom stereocenters. The molecular formula is C26H30Br2N2O2. The molecule has 0 saturated heterocycles. The molecule has 6 heteroatoms. The largest absolute Gasteiger partial charge is 0.353 e. The summed E-state index contributed by atoms with van der Waals surface area (Å²) in [5.74, 6) is -0.115. The minimum atomic E-state index is -0.0576. The first-order chi connectivity index (χ1) is 15.5. The number of hydrogen-bond acceptors (Lipinski definition) is 2. The van der Waals surface area contributed by atoms with Crippen molar-refractivity contribution < 1.29 is 9.59 Å². The van der Waals surface area contributed by atoms with Crippen LogP contribution in [0.1, 0.15) is 49.7 Å². The Hall–Kier alpha value is -2.18. The van der Waals surface area contributed by atoms with E-state index in [4.69, 9.17) is 0 Å². The predicted molar refractivity (Wildman–Crippen MR) is 140 cm³/mol. The van der Waals surface area contributed by atoms with Crippen LogP contribution in [-0.2, 0) is 9.59 Å². The highest BCUT2D eigenvalue weighted by Crippen LogP contribution is 2.12. The number of nitrogens with one attached hydrogen (secondary N) is 2. The lowest BCUT2D eigenvalue weighted by Gasteiger charge is -2.04. The smallest absolute Gasteiger partial charge is 0.243 e. The molecule has 32 heavy (non-hydrogen) atoms. The fourth-order valence-corrected chi connectivity index (χ4v) is 3.52. The van der Waals surface area contributed by atoms with Crippen LogP contribution in [0.2, 0.25) is 0 Å². The summed E-state index contributed by atoms with van der Waals surface area (Å²) in [5, 5.41) is 5.85. The minimum Gasteiger partial charge on any atom is -0.353 e. The Balaban J connectivity index is 1.42. The van der Waals surface area contributed by atoms with E-state index in [0.29, 0.717) is 13.1 Å². The molecule has 0 aliphatic heterocycles. The van der Waals surface area contributed by atoms with Gasteiger partial charge in [0.25, 0.3) is 0 Å². The van der Waals surface area contributed by atoms with Crippen molar-refractivity contribution in [2.45, 2.75) is 38.5 Å². The van der Waals surface area contributed by atoms with Gasteiger partial charge in [-0.1, -0.05) is 81.8 Å². The quantitative estimate of drug-likeness (QED) is 0.216. The second-order valence-corrected chi connectivity index (χ2v) is 9.30. The molecule has 0 aliphatic carbocycles. The zero-order chi connectivity index (χ0) is 23.0. The molecule has 0 fully saturated rings. The average Bonchev–Trinajstić information content (AvgIpc) is 2.79. The van der Waals surface area contributed by atoms with Crippen molar-refractivity contribution >= 4 is 55.8 Å². The van der Waals surface area contributed by atoms with E-state index in [1.54, 1.807) is 12.2 Å². The number of rotatable bonds is 13. The van der Waals surface area contributed by atoms with Crippen molar-refractivity contribution in [1.29, 1.82) is 0 Å². The minimum absolute atomic E-state index is 0.0576. The van der Waals surface area contributed by atoms with Crippen LogP contribution < -0.4 is 10.6 Å². The van der Waals surface area contributed by atoms with Gasteiger partial charge in [-0.05, 0) is 60.4 Å². The van der Waals surface area contributed by atoms with Crippen molar-refractivity contribution in [3.63, 3.8) is 0 Å². The normalized spacial score (nSPS) is 11.2. The zero-order valence-corrected chi connectivity index (χ0v) is 21.3. The fraction of sp³-hybridized carbons (Fsp3) is 0.308. The Morgan fingerprint density at radius 2 is 0.938 bits per heavy atom. The number of carbonyl (C=O) groups excluding carboxylic acids is 2. The number of unbranched alkanes of at least 4 members (excludes halogenated alkanes) is 5. The van der Waals surface area contributed by atoms with Gasteiger partial charge in [-0.3, -0.25) is 9.59 Å². The van der Waals surface area contributed by atoms with Crippen LogP contribution in [0.3, 0.4) is 0 Å². The fourth-order valence-electron chi connectivity index (χ4n) is 2.99. The molecule has 2 aromatic carbocycles. The Bertz CT molecular complexity index is 816. The van der Waals surface area contributed by atoms with Crippen LogP contribution in [-0.4, -0.2) is 24.9 Å². The van der Waals surface area contributed by atoms with E-state index >= 15 is 0 Å². The van der Waals surface area contributed by atoms with E-state index in [0.717, 1.165) is 58.6 Å². The molecule has 0 radical (unpaired) electrons. The second-order valence-electron chi connectivity index (χ2n) is 7.47. The summed E-state index contributed by atoms with van der Waals surface area (Å²) in [7, 11) is 0. The maximum Gasteiger partial charge on any atom is 0.243 e. The van der Waals surface area contributed by atoms with Gasteiger partial charge in [-0.25, -0.2) is 0 Å². The molecule has 0 heterocycles. The number of carbonyl (C=O) groups is 2. The third-order valence-electron chi connectivity index (χ3n) is 4.80. The molecule has 0 aliphatic rings. The third-order valence-corrected chi connectivity index (χ3v) is 5.85. The highest BCUT2D eigenvalue weighted by atomic mass is 79.9. The lowest BCUT2D eigenvalue weighted by Crippen LogP contribution is -2.22. The molecule has 2 aromatic rings. The van der Waals surface area contributed by atoms with Gasteiger partial charge in [0.15, 0.2) is 0 Å². The van der Waals surface area contributed by atoms with Gasteiger partial charge < -0.3 is 10.6 Å². The van der Waals surface area contributed by atoms with Crippen LogP contribution in [0, 0.1) is 0 Å². The molecule has 2 N–H and O–H groups in total. The van der Waals surface area contributed by atoms with Crippen LogP contribution in [0.4, 0.5) is 0 Å². The Labute approximate surface area is 207 Å². The van der Waals surface area contributed by atoms with E-state index in [1.165, 1.54) is 0 Å². The summed E-state index contributed by atoms with van der Waals surface area (Å²) in [6.45, 7) is 1.40. The molecule has 2 rings (SSSR count). The van der Waals surface area contributed by atoms with Gasteiger partial charge in [-0.2, -0.15) is 0 Å².